The third kappa shape index (κ3) is 1.94. The second-order valence-corrected chi connectivity index (χ2v) is 3.36. The number of nitrogens with two attached hydrogens (primary N) is 2. The zero-order chi connectivity index (χ0) is 9.14. The summed E-state index contributed by atoms with van der Waals surface area (Å²) in [6.45, 7) is 0.263. The van der Waals surface area contributed by atoms with Gasteiger partial charge in [0.25, 0.3) is 5.56 Å². The molecule has 0 fully saturated rings. The van der Waals surface area contributed by atoms with Crippen LogP contribution in [-0.2, 0) is 0 Å². The summed E-state index contributed by atoms with van der Waals surface area (Å²) < 4.78 is 0.793. The van der Waals surface area contributed by atoms with Crippen molar-refractivity contribution >= 4 is 15.9 Å². The van der Waals surface area contributed by atoms with Gasteiger partial charge in [-0.1, -0.05) is 0 Å². The van der Waals surface area contributed by atoms with Gasteiger partial charge < -0.3 is 16.5 Å². The normalized spacial score (nSPS) is 12.9. The second-order valence-electron chi connectivity index (χ2n) is 2.44. The lowest BCUT2D eigenvalue weighted by Crippen LogP contribution is -2.27. The van der Waals surface area contributed by atoms with Crippen molar-refractivity contribution < 1.29 is 0 Å². The van der Waals surface area contributed by atoms with Gasteiger partial charge in [-0.2, -0.15) is 0 Å². The molecule has 12 heavy (non-hydrogen) atoms. The van der Waals surface area contributed by atoms with Crippen molar-refractivity contribution in [2.24, 2.45) is 11.5 Å². The molecule has 1 heterocycles. The molecule has 5 N–H and O–H groups in total. The van der Waals surface area contributed by atoms with Crippen LogP contribution >= 0.6 is 15.9 Å². The van der Waals surface area contributed by atoms with E-state index < -0.39 is 6.04 Å². The Labute approximate surface area is 78.1 Å². The van der Waals surface area contributed by atoms with Gasteiger partial charge >= 0.3 is 0 Å². The molecule has 0 spiro atoms. The molecule has 0 aliphatic rings. The predicted octanol–water partition coefficient (Wildman–Crippen LogP) is 0.0959. The first kappa shape index (κ1) is 9.44. The number of hydrogen-bond acceptors (Lipinski definition) is 3. The molecule has 1 rings (SSSR count). The van der Waals surface area contributed by atoms with Gasteiger partial charge in [0.15, 0.2) is 0 Å². The van der Waals surface area contributed by atoms with Crippen LogP contribution in [-0.4, -0.2) is 11.5 Å². The predicted molar refractivity (Wildman–Crippen MR) is 50.7 cm³/mol. The Hall–Kier alpha value is -0.650. The van der Waals surface area contributed by atoms with E-state index in [2.05, 4.69) is 20.9 Å². The van der Waals surface area contributed by atoms with Crippen LogP contribution in [0.2, 0.25) is 0 Å². The summed E-state index contributed by atoms with van der Waals surface area (Å²) >= 11 is 3.23. The number of pyridine rings is 1. The monoisotopic (exact) mass is 231 g/mol. The first-order chi connectivity index (χ1) is 5.65. The standard InChI is InChI=1S/C7H10BrN3O/c8-4-1-5(6(10)2-9)7(12)11-3-4/h1,3,6H,2,9-10H2,(H,11,12)/t6-/m0/s1. The Morgan fingerprint density at radius 2 is 2.33 bits per heavy atom. The first-order valence-corrected chi connectivity index (χ1v) is 4.28. The van der Waals surface area contributed by atoms with Gasteiger partial charge in [0.2, 0.25) is 0 Å². The largest absolute Gasteiger partial charge is 0.329 e. The van der Waals surface area contributed by atoms with Gasteiger partial charge in [0.1, 0.15) is 0 Å². The van der Waals surface area contributed by atoms with Crippen molar-refractivity contribution in [3.05, 3.63) is 32.7 Å². The maximum Gasteiger partial charge on any atom is 0.252 e. The summed E-state index contributed by atoms with van der Waals surface area (Å²) in [7, 11) is 0. The number of halogens is 1. The van der Waals surface area contributed by atoms with Crippen LogP contribution in [0.4, 0.5) is 0 Å². The molecule has 1 aromatic rings. The van der Waals surface area contributed by atoms with E-state index in [1.54, 1.807) is 12.3 Å². The molecule has 1 atom stereocenters. The summed E-state index contributed by atoms with van der Waals surface area (Å²) in [5.74, 6) is 0. The highest BCUT2D eigenvalue weighted by Crippen LogP contribution is 2.10. The number of hydrogen-bond donors (Lipinski definition) is 3. The van der Waals surface area contributed by atoms with E-state index in [-0.39, 0.29) is 12.1 Å². The van der Waals surface area contributed by atoms with Crippen molar-refractivity contribution in [1.29, 1.82) is 0 Å². The third-order valence-electron chi connectivity index (χ3n) is 1.55. The van der Waals surface area contributed by atoms with Gasteiger partial charge in [-0.15, -0.1) is 0 Å². The number of aromatic amines is 1. The molecule has 66 valence electrons. The highest BCUT2D eigenvalue weighted by atomic mass is 79.9. The topological polar surface area (TPSA) is 84.9 Å². The van der Waals surface area contributed by atoms with E-state index in [4.69, 9.17) is 11.5 Å². The van der Waals surface area contributed by atoms with Crippen molar-refractivity contribution in [2.45, 2.75) is 6.04 Å². The number of rotatable bonds is 2. The van der Waals surface area contributed by atoms with Crippen LogP contribution in [0, 0.1) is 0 Å². The fraction of sp³-hybridized carbons (Fsp3) is 0.286. The average molecular weight is 232 g/mol. The highest BCUT2D eigenvalue weighted by molar-refractivity contribution is 9.10. The second kappa shape index (κ2) is 3.84. The van der Waals surface area contributed by atoms with E-state index in [0.717, 1.165) is 4.47 Å². The van der Waals surface area contributed by atoms with Crippen molar-refractivity contribution in [3.63, 3.8) is 0 Å². The highest BCUT2D eigenvalue weighted by Gasteiger charge is 2.07. The average Bonchev–Trinajstić information content (AvgIpc) is 2.08. The van der Waals surface area contributed by atoms with E-state index in [1.165, 1.54) is 0 Å². The maximum absolute atomic E-state index is 11.2. The van der Waals surface area contributed by atoms with Crippen molar-refractivity contribution in [1.82, 2.24) is 4.98 Å². The number of H-pyrrole nitrogens is 1. The minimum absolute atomic E-state index is 0.184. The zero-order valence-corrected chi connectivity index (χ0v) is 7.97. The molecular formula is C7H10BrN3O. The molecular weight excluding hydrogens is 222 g/mol. The summed E-state index contributed by atoms with van der Waals surface area (Å²) in [6.07, 6.45) is 1.56. The zero-order valence-electron chi connectivity index (χ0n) is 6.38. The van der Waals surface area contributed by atoms with Crippen LogP contribution in [0.1, 0.15) is 11.6 Å². The quantitative estimate of drug-likeness (QED) is 0.675. The molecule has 0 saturated carbocycles. The fourth-order valence-corrected chi connectivity index (χ4v) is 1.24. The minimum atomic E-state index is -0.397. The van der Waals surface area contributed by atoms with Crippen LogP contribution in [0.3, 0.4) is 0 Å². The van der Waals surface area contributed by atoms with E-state index in [9.17, 15) is 4.79 Å². The Balaban J connectivity index is 3.13. The van der Waals surface area contributed by atoms with Gasteiger partial charge in [-0.05, 0) is 22.0 Å². The van der Waals surface area contributed by atoms with Crippen LogP contribution in [0.25, 0.3) is 0 Å². The number of aromatic nitrogens is 1. The van der Waals surface area contributed by atoms with Crippen LogP contribution in [0.15, 0.2) is 21.5 Å². The maximum atomic E-state index is 11.2. The van der Waals surface area contributed by atoms with Crippen LogP contribution < -0.4 is 17.0 Å². The minimum Gasteiger partial charge on any atom is -0.329 e. The number of nitrogens with one attached hydrogen (secondary N) is 1. The Bertz CT molecular complexity index is 323. The van der Waals surface area contributed by atoms with Gasteiger partial charge in [0, 0.05) is 28.8 Å². The molecule has 0 aliphatic heterocycles. The third-order valence-corrected chi connectivity index (χ3v) is 2.01. The summed E-state index contributed by atoms with van der Waals surface area (Å²) in [4.78, 5) is 13.7. The molecule has 4 nitrogen and oxygen atoms in total. The molecule has 0 saturated heterocycles. The van der Waals surface area contributed by atoms with Gasteiger partial charge in [0.05, 0.1) is 0 Å². The van der Waals surface area contributed by atoms with Crippen molar-refractivity contribution in [2.75, 3.05) is 6.54 Å². The molecule has 0 radical (unpaired) electrons. The fourth-order valence-electron chi connectivity index (χ4n) is 0.876. The van der Waals surface area contributed by atoms with Gasteiger partial charge in [-0.3, -0.25) is 4.79 Å². The molecule has 0 bridgehead atoms. The molecule has 1 aromatic heterocycles. The Morgan fingerprint density at radius 3 is 2.92 bits per heavy atom. The molecule has 0 aromatic carbocycles. The SMILES string of the molecule is NC[C@H](N)c1cc(Br)c[nH]c1=O. The first-order valence-electron chi connectivity index (χ1n) is 3.49. The molecule has 5 heteroatoms. The summed E-state index contributed by atoms with van der Waals surface area (Å²) in [6, 6.07) is 1.28. The van der Waals surface area contributed by atoms with E-state index in [0.29, 0.717) is 5.56 Å². The van der Waals surface area contributed by atoms with Gasteiger partial charge in [-0.25, -0.2) is 0 Å². The van der Waals surface area contributed by atoms with E-state index >= 15 is 0 Å². The Kier molecular flexibility index (Phi) is 3.02. The lowest BCUT2D eigenvalue weighted by Gasteiger charge is -2.07. The smallest absolute Gasteiger partial charge is 0.252 e. The molecule has 0 unspecified atom stereocenters. The Morgan fingerprint density at radius 1 is 1.67 bits per heavy atom. The van der Waals surface area contributed by atoms with E-state index in [1.807, 2.05) is 0 Å². The summed E-state index contributed by atoms with van der Waals surface area (Å²) in [5, 5.41) is 0. The van der Waals surface area contributed by atoms with Crippen molar-refractivity contribution in [3.8, 4) is 0 Å². The lowest BCUT2D eigenvalue weighted by atomic mass is 10.1. The van der Waals surface area contributed by atoms with Crippen LogP contribution in [0.5, 0.6) is 0 Å². The molecule has 0 amide bonds. The molecule has 0 aliphatic carbocycles. The lowest BCUT2D eigenvalue weighted by molar-refractivity contribution is 0.724. The summed E-state index contributed by atoms with van der Waals surface area (Å²) in [5.41, 5.74) is 11.3.